The first kappa shape index (κ1) is 15.2. The van der Waals surface area contributed by atoms with E-state index in [0.717, 1.165) is 31.2 Å². The van der Waals surface area contributed by atoms with E-state index in [1.54, 1.807) is 17.4 Å². The van der Waals surface area contributed by atoms with Gasteiger partial charge in [0.15, 0.2) is 11.5 Å². The Balaban J connectivity index is 1.52. The van der Waals surface area contributed by atoms with E-state index in [9.17, 15) is 4.79 Å². The lowest BCUT2D eigenvalue weighted by Crippen LogP contribution is -2.35. The zero-order valence-corrected chi connectivity index (χ0v) is 13.3. The summed E-state index contributed by atoms with van der Waals surface area (Å²) in [5, 5.41) is 6.72. The van der Waals surface area contributed by atoms with Gasteiger partial charge < -0.3 is 14.6 Å². The summed E-state index contributed by atoms with van der Waals surface area (Å²) in [5.74, 6) is 0.502. The Morgan fingerprint density at radius 1 is 1.41 bits per heavy atom. The first-order valence-corrected chi connectivity index (χ1v) is 8.11. The van der Waals surface area contributed by atoms with Crippen LogP contribution in [-0.2, 0) is 17.8 Å². The molecule has 1 N–H and O–H groups in total. The molecule has 1 amide bonds. The topological polar surface area (TPSA) is 67.6 Å². The Morgan fingerprint density at radius 2 is 2.23 bits per heavy atom. The molecule has 0 bridgehead atoms. The van der Waals surface area contributed by atoms with Crippen LogP contribution in [0.2, 0.25) is 0 Å². The third-order valence-corrected chi connectivity index (χ3v) is 4.49. The van der Waals surface area contributed by atoms with Gasteiger partial charge in [-0.15, -0.1) is 11.3 Å². The summed E-state index contributed by atoms with van der Waals surface area (Å²) in [4.78, 5) is 16.7. The Kier molecular flexibility index (Phi) is 4.87. The maximum absolute atomic E-state index is 12.1. The Morgan fingerprint density at radius 3 is 2.95 bits per heavy atom. The molecule has 2 aromatic heterocycles. The maximum atomic E-state index is 12.1. The van der Waals surface area contributed by atoms with Crippen LogP contribution in [0.3, 0.4) is 0 Å². The number of morpholine rings is 1. The molecule has 118 valence electrons. The molecule has 0 spiro atoms. The van der Waals surface area contributed by atoms with E-state index >= 15 is 0 Å². The predicted octanol–water partition coefficient (Wildman–Crippen LogP) is 1.81. The third kappa shape index (κ3) is 3.94. The summed E-state index contributed by atoms with van der Waals surface area (Å²) in [6, 6.07) is 5.78. The summed E-state index contributed by atoms with van der Waals surface area (Å²) < 4.78 is 10.6. The van der Waals surface area contributed by atoms with Gasteiger partial charge in [0.1, 0.15) is 0 Å². The van der Waals surface area contributed by atoms with Gasteiger partial charge in [0, 0.05) is 28.9 Å². The lowest BCUT2D eigenvalue weighted by atomic mass is 10.3. The number of rotatable bonds is 5. The summed E-state index contributed by atoms with van der Waals surface area (Å²) in [7, 11) is 0. The van der Waals surface area contributed by atoms with Crippen LogP contribution in [0, 0.1) is 6.92 Å². The summed E-state index contributed by atoms with van der Waals surface area (Å²) >= 11 is 1.68. The number of thiophene rings is 1. The molecule has 22 heavy (non-hydrogen) atoms. The lowest BCUT2D eigenvalue weighted by molar-refractivity contribution is 0.0305. The second-order valence-electron chi connectivity index (χ2n) is 5.26. The maximum Gasteiger partial charge on any atom is 0.273 e. The number of hydrogen-bond donors (Lipinski definition) is 1. The molecule has 0 radical (unpaired) electrons. The van der Waals surface area contributed by atoms with Crippen LogP contribution in [0.15, 0.2) is 22.7 Å². The highest BCUT2D eigenvalue weighted by atomic mass is 32.1. The standard InChI is InChI=1S/C15H19N3O3S/c1-11-2-3-13(22-11)9-16-15(19)14-8-12(21-17-14)10-18-4-6-20-7-5-18/h2-3,8H,4-7,9-10H2,1H3,(H,16,19). The SMILES string of the molecule is Cc1ccc(CNC(=O)c2cc(CN3CCOCC3)on2)s1. The van der Waals surface area contributed by atoms with Gasteiger partial charge in [0.2, 0.25) is 0 Å². The van der Waals surface area contributed by atoms with E-state index in [1.165, 1.54) is 4.88 Å². The fourth-order valence-corrected chi connectivity index (χ4v) is 3.14. The van der Waals surface area contributed by atoms with Gasteiger partial charge in [-0.05, 0) is 19.1 Å². The van der Waals surface area contributed by atoms with Gasteiger partial charge in [0.25, 0.3) is 5.91 Å². The molecule has 3 heterocycles. The molecular weight excluding hydrogens is 302 g/mol. The summed E-state index contributed by atoms with van der Waals surface area (Å²) in [6.07, 6.45) is 0. The van der Waals surface area contributed by atoms with Crippen molar-refractivity contribution in [2.24, 2.45) is 0 Å². The van der Waals surface area contributed by atoms with Gasteiger partial charge >= 0.3 is 0 Å². The number of nitrogens with zero attached hydrogens (tertiary/aromatic N) is 2. The van der Waals surface area contributed by atoms with Crippen molar-refractivity contribution in [2.75, 3.05) is 26.3 Å². The largest absolute Gasteiger partial charge is 0.379 e. The average Bonchev–Trinajstić information content (AvgIpc) is 3.15. The fourth-order valence-electron chi connectivity index (χ4n) is 2.31. The first-order valence-electron chi connectivity index (χ1n) is 7.30. The fraction of sp³-hybridized carbons (Fsp3) is 0.467. The number of nitrogens with one attached hydrogen (secondary N) is 1. The molecule has 1 aliphatic heterocycles. The third-order valence-electron chi connectivity index (χ3n) is 3.49. The van der Waals surface area contributed by atoms with Crippen molar-refractivity contribution in [2.45, 2.75) is 20.0 Å². The Bertz CT molecular complexity index is 632. The van der Waals surface area contributed by atoms with E-state index in [1.807, 2.05) is 19.1 Å². The van der Waals surface area contributed by atoms with E-state index in [0.29, 0.717) is 24.5 Å². The van der Waals surface area contributed by atoms with Gasteiger partial charge in [-0.25, -0.2) is 0 Å². The highest BCUT2D eigenvalue weighted by molar-refractivity contribution is 7.11. The molecule has 3 rings (SSSR count). The molecule has 0 atom stereocenters. The van der Waals surface area contributed by atoms with Crippen molar-refractivity contribution < 1.29 is 14.1 Å². The van der Waals surface area contributed by atoms with Crippen LogP contribution >= 0.6 is 11.3 Å². The van der Waals surface area contributed by atoms with E-state index < -0.39 is 0 Å². The number of hydrogen-bond acceptors (Lipinski definition) is 6. The molecule has 1 saturated heterocycles. The highest BCUT2D eigenvalue weighted by Gasteiger charge is 2.16. The van der Waals surface area contributed by atoms with Crippen molar-refractivity contribution in [3.8, 4) is 0 Å². The minimum absolute atomic E-state index is 0.206. The second-order valence-corrected chi connectivity index (χ2v) is 6.63. The van der Waals surface area contributed by atoms with Gasteiger partial charge in [-0.2, -0.15) is 0 Å². The average molecular weight is 321 g/mol. The number of aromatic nitrogens is 1. The van der Waals surface area contributed by atoms with Crippen molar-refractivity contribution in [1.29, 1.82) is 0 Å². The lowest BCUT2D eigenvalue weighted by Gasteiger charge is -2.25. The van der Waals surface area contributed by atoms with Gasteiger partial charge in [-0.1, -0.05) is 5.16 Å². The van der Waals surface area contributed by atoms with E-state index in [4.69, 9.17) is 9.26 Å². The number of amides is 1. The Labute approximate surface area is 133 Å². The number of carbonyl (C=O) groups excluding carboxylic acids is 1. The molecular formula is C15H19N3O3S. The molecule has 0 aliphatic carbocycles. The summed E-state index contributed by atoms with van der Waals surface area (Å²) in [5.41, 5.74) is 0.330. The zero-order valence-electron chi connectivity index (χ0n) is 12.5. The van der Waals surface area contributed by atoms with Crippen LogP contribution in [0.4, 0.5) is 0 Å². The molecule has 7 heteroatoms. The molecule has 2 aromatic rings. The summed E-state index contributed by atoms with van der Waals surface area (Å²) in [6.45, 7) is 6.45. The Hall–Kier alpha value is -1.70. The normalized spacial score (nSPS) is 15.9. The quantitative estimate of drug-likeness (QED) is 0.909. The van der Waals surface area contributed by atoms with E-state index in [-0.39, 0.29) is 5.91 Å². The second kappa shape index (κ2) is 7.04. The highest BCUT2D eigenvalue weighted by Crippen LogP contribution is 2.15. The van der Waals surface area contributed by atoms with Crippen LogP contribution in [-0.4, -0.2) is 42.3 Å². The molecule has 0 unspecified atom stereocenters. The molecule has 1 aliphatic rings. The molecule has 6 nitrogen and oxygen atoms in total. The number of aryl methyl sites for hydroxylation is 1. The zero-order chi connectivity index (χ0) is 15.4. The molecule has 0 aromatic carbocycles. The smallest absolute Gasteiger partial charge is 0.273 e. The predicted molar refractivity (Wildman–Crippen MR) is 82.8 cm³/mol. The minimum Gasteiger partial charge on any atom is -0.379 e. The van der Waals surface area contributed by atoms with Crippen molar-refractivity contribution in [3.63, 3.8) is 0 Å². The van der Waals surface area contributed by atoms with Crippen molar-refractivity contribution >= 4 is 17.2 Å². The van der Waals surface area contributed by atoms with Crippen molar-refractivity contribution in [3.05, 3.63) is 39.4 Å². The number of carbonyl (C=O) groups is 1. The molecule has 1 fully saturated rings. The molecule has 0 saturated carbocycles. The van der Waals surface area contributed by atoms with Crippen LogP contribution in [0.5, 0.6) is 0 Å². The van der Waals surface area contributed by atoms with E-state index in [2.05, 4.69) is 15.4 Å². The van der Waals surface area contributed by atoms with Crippen molar-refractivity contribution in [1.82, 2.24) is 15.4 Å². The van der Waals surface area contributed by atoms with Gasteiger partial charge in [0.05, 0.1) is 26.3 Å². The van der Waals surface area contributed by atoms with Gasteiger partial charge in [-0.3, -0.25) is 9.69 Å². The monoisotopic (exact) mass is 321 g/mol. The number of ether oxygens (including phenoxy) is 1. The minimum atomic E-state index is -0.206. The van der Waals surface area contributed by atoms with Crippen LogP contribution < -0.4 is 5.32 Å². The first-order chi connectivity index (χ1) is 10.7. The van der Waals surface area contributed by atoms with Crippen LogP contribution in [0.1, 0.15) is 26.0 Å². The van der Waals surface area contributed by atoms with Crippen LogP contribution in [0.25, 0.3) is 0 Å².